The minimum absolute atomic E-state index is 0.0984. The molecule has 1 fully saturated rings. The van der Waals surface area contributed by atoms with Crippen LogP contribution in [0.15, 0.2) is 22.7 Å². The lowest BCUT2D eigenvalue weighted by atomic mass is 10.1. The Bertz CT molecular complexity index is 440. The number of nitrogens with zero attached hydrogens (tertiary/aromatic N) is 1. The summed E-state index contributed by atoms with van der Waals surface area (Å²) < 4.78 is 0.886. The number of hydrogen-bond acceptors (Lipinski definition) is 2. The Labute approximate surface area is 111 Å². The van der Waals surface area contributed by atoms with Crippen molar-refractivity contribution < 1.29 is 0 Å². The Hall–Kier alpha value is -1.03. The first-order valence-corrected chi connectivity index (χ1v) is 6.66. The molecule has 1 aliphatic rings. The van der Waals surface area contributed by atoms with Crippen LogP contribution >= 0.6 is 15.9 Å². The van der Waals surface area contributed by atoms with Crippen LogP contribution in [0.4, 0.5) is 5.69 Å². The summed E-state index contributed by atoms with van der Waals surface area (Å²) in [6.07, 6.45) is 2.69. The average Bonchev–Trinajstić information content (AvgIpc) is 3.10. The second kappa shape index (κ2) is 4.69. The lowest BCUT2D eigenvalue weighted by molar-refractivity contribution is 0.609. The van der Waals surface area contributed by atoms with Crippen LogP contribution in [-0.4, -0.2) is 18.9 Å². The van der Waals surface area contributed by atoms with Gasteiger partial charge in [0.1, 0.15) is 5.84 Å². The van der Waals surface area contributed by atoms with Crippen molar-refractivity contribution in [1.82, 2.24) is 0 Å². The predicted molar refractivity (Wildman–Crippen MR) is 75.7 cm³/mol. The topological polar surface area (TPSA) is 53.1 Å². The van der Waals surface area contributed by atoms with Crippen molar-refractivity contribution in [2.24, 2.45) is 11.7 Å². The predicted octanol–water partition coefficient (Wildman–Crippen LogP) is 2.97. The van der Waals surface area contributed by atoms with Gasteiger partial charge in [0.25, 0.3) is 0 Å². The molecule has 17 heavy (non-hydrogen) atoms. The summed E-state index contributed by atoms with van der Waals surface area (Å²) in [6, 6.07) is 6.54. The highest BCUT2D eigenvalue weighted by atomic mass is 79.9. The molecule has 0 heterocycles. The minimum atomic E-state index is 0.0984. The molecule has 1 aromatic rings. The highest BCUT2D eigenvalue weighted by Crippen LogP contribution is 2.36. The molecule has 2 rings (SSSR count). The minimum Gasteiger partial charge on any atom is -0.384 e. The maximum atomic E-state index is 7.45. The Balaban J connectivity index is 2.21. The Morgan fingerprint density at radius 1 is 1.53 bits per heavy atom. The van der Waals surface area contributed by atoms with E-state index in [0.29, 0.717) is 6.04 Å². The van der Waals surface area contributed by atoms with Crippen LogP contribution < -0.4 is 10.6 Å². The van der Waals surface area contributed by atoms with Gasteiger partial charge in [0.2, 0.25) is 0 Å². The zero-order chi connectivity index (χ0) is 12.6. The van der Waals surface area contributed by atoms with Gasteiger partial charge in [-0.05, 0) is 59.8 Å². The van der Waals surface area contributed by atoms with Crippen LogP contribution in [0.25, 0.3) is 0 Å². The quantitative estimate of drug-likeness (QED) is 0.663. The third kappa shape index (κ3) is 2.63. The number of hydrogen-bond donors (Lipinski definition) is 2. The van der Waals surface area contributed by atoms with Gasteiger partial charge in [-0.2, -0.15) is 0 Å². The fourth-order valence-electron chi connectivity index (χ4n) is 2.07. The van der Waals surface area contributed by atoms with Gasteiger partial charge in [0.15, 0.2) is 0 Å². The van der Waals surface area contributed by atoms with Crippen molar-refractivity contribution in [3.63, 3.8) is 0 Å². The van der Waals surface area contributed by atoms with Crippen molar-refractivity contribution >= 4 is 27.5 Å². The standard InChI is InChI=1S/C13H18BrN3/c1-8(9-3-4-9)17(2)10-5-6-11(13(15)16)12(14)7-10/h5-9H,3-4H2,1-2H3,(H3,15,16). The van der Waals surface area contributed by atoms with E-state index in [1.165, 1.54) is 18.5 Å². The number of halogens is 1. The number of nitrogen functional groups attached to an aromatic ring is 1. The van der Waals surface area contributed by atoms with Crippen LogP contribution in [0.3, 0.4) is 0 Å². The van der Waals surface area contributed by atoms with Crippen molar-refractivity contribution in [3.05, 3.63) is 28.2 Å². The monoisotopic (exact) mass is 295 g/mol. The summed E-state index contributed by atoms with van der Waals surface area (Å²) in [7, 11) is 2.12. The Kier molecular flexibility index (Phi) is 3.43. The van der Waals surface area contributed by atoms with Crippen LogP contribution in [0.2, 0.25) is 0 Å². The van der Waals surface area contributed by atoms with Crippen LogP contribution in [0.5, 0.6) is 0 Å². The molecular formula is C13H18BrN3. The molecule has 0 saturated heterocycles. The average molecular weight is 296 g/mol. The van der Waals surface area contributed by atoms with Crippen LogP contribution in [0.1, 0.15) is 25.3 Å². The normalized spacial score (nSPS) is 16.6. The highest BCUT2D eigenvalue weighted by molar-refractivity contribution is 9.10. The molecular weight excluding hydrogens is 278 g/mol. The van der Waals surface area contributed by atoms with Crippen molar-refractivity contribution in [1.29, 1.82) is 5.41 Å². The van der Waals surface area contributed by atoms with E-state index in [4.69, 9.17) is 11.1 Å². The van der Waals surface area contributed by atoms with Crippen LogP contribution in [-0.2, 0) is 0 Å². The first-order chi connectivity index (χ1) is 8.00. The van der Waals surface area contributed by atoms with Gasteiger partial charge < -0.3 is 10.6 Å². The van der Waals surface area contributed by atoms with Crippen molar-refractivity contribution in [2.45, 2.75) is 25.8 Å². The molecule has 0 spiro atoms. The van der Waals surface area contributed by atoms with E-state index in [0.717, 1.165) is 16.0 Å². The van der Waals surface area contributed by atoms with Gasteiger partial charge in [-0.3, -0.25) is 5.41 Å². The van der Waals surface area contributed by atoms with Gasteiger partial charge >= 0.3 is 0 Å². The second-order valence-corrected chi connectivity index (χ2v) is 5.62. The fraction of sp³-hybridized carbons (Fsp3) is 0.462. The van der Waals surface area contributed by atoms with Gasteiger partial charge in [0, 0.05) is 28.8 Å². The number of amidine groups is 1. The number of anilines is 1. The molecule has 0 radical (unpaired) electrons. The first-order valence-electron chi connectivity index (χ1n) is 5.87. The third-order valence-corrected chi connectivity index (χ3v) is 4.22. The fourth-order valence-corrected chi connectivity index (χ4v) is 2.65. The van der Waals surface area contributed by atoms with Gasteiger partial charge in [0.05, 0.1) is 0 Å². The third-order valence-electron chi connectivity index (χ3n) is 3.57. The van der Waals surface area contributed by atoms with Gasteiger partial charge in [-0.15, -0.1) is 0 Å². The summed E-state index contributed by atoms with van der Waals surface area (Å²) >= 11 is 3.47. The zero-order valence-corrected chi connectivity index (χ0v) is 11.8. The van der Waals surface area contributed by atoms with Gasteiger partial charge in [-0.25, -0.2) is 0 Å². The maximum absolute atomic E-state index is 7.45. The molecule has 1 atom stereocenters. The number of nitrogens with two attached hydrogens (primary N) is 1. The lowest BCUT2D eigenvalue weighted by Gasteiger charge is -2.27. The van der Waals surface area contributed by atoms with Crippen LogP contribution in [0, 0.1) is 11.3 Å². The summed E-state index contributed by atoms with van der Waals surface area (Å²) in [5, 5.41) is 7.45. The number of rotatable bonds is 4. The van der Waals surface area contributed by atoms with E-state index in [1.54, 1.807) is 0 Å². The molecule has 4 heteroatoms. The highest BCUT2D eigenvalue weighted by Gasteiger charge is 2.30. The van der Waals surface area contributed by atoms with E-state index in [2.05, 4.69) is 34.8 Å². The molecule has 92 valence electrons. The largest absolute Gasteiger partial charge is 0.384 e. The zero-order valence-electron chi connectivity index (χ0n) is 10.2. The SMILES string of the molecule is CC(C1CC1)N(C)c1ccc(C(=N)N)c(Br)c1. The summed E-state index contributed by atoms with van der Waals surface area (Å²) in [5.74, 6) is 0.938. The van der Waals surface area contributed by atoms with Crippen molar-refractivity contribution in [3.8, 4) is 0 Å². The summed E-state index contributed by atoms with van der Waals surface area (Å²) in [4.78, 5) is 2.30. The molecule has 1 aliphatic carbocycles. The molecule has 1 aromatic carbocycles. The van der Waals surface area contributed by atoms with E-state index < -0.39 is 0 Å². The maximum Gasteiger partial charge on any atom is 0.123 e. The molecule has 0 bridgehead atoms. The summed E-state index contributed by atoms with van der Waals surface area (Å²) in [5.41, 5.74) is 7.42. The Morgan fingerprint density at radius 3 is 2.65 bits per heavy atom. The lowest BCUT2D eigenvalue weighted by Crippen LogP contribution is -2.30. The van der Waals surface area contributed by atoms with Gasteiger partial charge in [-0.1, -0.05) is 0 Å². The second-order valence-electron chi connectivity index (χ2n) is 4.77. The van der Waals surface area contributed by atoms with E-state index in [9.17, 15) is 0 Å². The van der Waals surface area contributed by atoms with E-state index in [-0.39, 0.29) is 5.84 Å². The molecule has 0 amide bonds. The smallest absolute Gasteiger partial charge is 0.123 e. The number of benzene rings is 1. The molecule has 1 unspecified atom stereocenters. The Morgan fingerprint density at radius 2 is 2.18 bits per heavy atom. The molecule has 0 aliphatic heterocycles. The molecule has 3 nitrogen and oxygen atoms in total. The van der Waals surface area contributed by atoms with E-state index in [1.807, 2.05) is 18.2 Å². The van der Waals surface area contributed by atoms with E-state index >= 15 is 0 Å². The van der Waals surface area contributed by atoms with Crippen molar-refractivity contribution in [2.75, 3.05) is 11.9 Å². The number of nitrogens with one attached hydrogen (secondary N) is 1. The molecule has 1 saturated carbocycles. The molecule has 3 N–H and O–H groups in total. The summed E-state index contributed by atoms with van der Waals surface area (Å²) in [6.45, 7) is 2.27. The first kappa shape index (κ1) is 12.4. The molecule has 0 aromatic heterocycles.